The summed E-state index contributed by atoms with van der Waals surface area (Å²) in [6, 6.07) is 11.0. The Kier molecular flexibility index (Phi) is 5.11. The summed E-state index contributed by atoms with van der Waals surface area (Å²) in [6.07, 6.45) is 5.45. The second kappa shape index (κ2) is 7.27. The fourth-order valence-corrected chi connectivity index (χ4v) is 3.41. The monoisotopic (exact) mass is 405 g/mol. The average molecular weight is 406 g/mol. The minimum atomic E-state index is -0.931. The molecule has 7 heteroatoms. The molecule has 0 radical (unpaired) electrons. The van der Waals surface area contributed by atoms with Gasteiger partial charge in [0.1, 0.15) is 5.65 Å². The fraction of sp³-hybridized carbons (Fsp3) is 0.176. The maximum absolute atomic E-state index is 12.3. The molecule has 24 heavy (non-hydrogen) atoms. The van der Waals surface area contributed by atoms with E-state index in [0.29, 0.717) is 17.9 Å². The van der Waals surface area contributed by atoms with Crippen LogP contribution in [0.1, 0.15) is 21.6 Å². The summed E-state index contributed by atoms with van der Waals surface area (Å²) in [5.74, 6) is 0.277. The third kappa shape index (κ3) is 4.10. The number of halogens is 1. The normalized spacial score (nSPS) is 12.2. The first-order valence-electron chi connectivity index (χ1n) is 7.31. The number of nitrogens with one attached hydrogen (secondary N) is 1. The first-order valence-corrected chi connectivity index (χ1v) is 9.83. The van der Waals surface area contributed by atoms with Crippen molar-refractivity contribution in [3.05, 3.63) is 70.1 Å². The Bertz CT molecular complexity index is 923. The first-order chi connectivity index (χ1) is 11.5. The van der Waals surface area contributed by atoms with Crippen LogP contribution in [0.4, 0.5) is 0 Å². The molecule has 0 spiro atoms. The van der Waals surface area contributed by atoms with Crippen LogP contribution in [0.25, 0.3) is 5.65 Å². The van der Waals surface area contributed by atoms with E-state index in [0.717, 1.165) is 21.4 Å². The van der Waals surface area contributed by atoms with E-state index in [9.17, 15) is 9.00 Å². The first kappa shape index (κ1) is 16.9. The Morgan fingerprint density at radius 3 is 2.92 bits per heavy atom. The van der Waals surface area contributed by atoms with E-state index in [-0.39, 0.29) is 5.91 Å². The molecular formula is C17H16BrN3O2S. The van der Waals surface area contributed by atoms with Gasteiger partial charge in [-0.2, -0.15) is 0 Å². The number of carbonyl (C=O) groups excluding carboxylic acids is 1. The molecule has 1 unspecified atom stereocenters. The van der Waals surface area contributed by atoms with Gasteiger partial charge in [-0.1, -0.05) is 12.1 Å². The Balaban J connectivity index is 1.69. The molecule has 3 aromatic rings. The second-order valence-electron chi connectivity index (χ2n) is 5.45. The lowest BCUT2D eigenvalue weighted by molar-refractivity contribution is 0.0950. The highest BCUT2D eigenvalue weighted by Crippen LogP contribution is 2.13. The average Bonchev–Trinajstić information content (AvgIpc) is 2.94. The fourth-order valence-electron chi connectivity index (χ4n) is 2.41. The quantitative estimate of drug-likeness (QED) is 0.709. The molecule has 0 aliphatic heterocycles. The number of imidazole rings is 1. The highest BCUT2D eigenvalue weighted by molar-refractivity contribution is 9.10. The summed E-state index contributed by atoms with van der Waals surface area (Å²) in [6.45, 7) is 0.349. The Morgan fingerprint density at radius 1 is 1.29 bits per heavy atom. The topological polar surface area (TPSA) is 63.5 Å². The van der Waals surface area contributed by atoms with Crippen molar-refractivity contribution in [1.82, 2.24) is 14.7 Å². The number of amides is 1. The van der Waals surface area contributed by atoms with Crippen LogP contribution in [0.2, 0.25) is 0 Å². The van der Waals surface area contributed by atoms with Crippen LogP contribution in [0.15, 0.2) is 53.3 Å². The van der Waals surface area contributed by atoms with Crippen LogP contribution in [-0.2, 0) is 23.1 Å². The van der Waals surface area contributed by atoms with Crippen molar-refractivity contribution in [3.8, 4) is 0 Å². The number of hydrogen-bond acceptors (Lipinski definition) is 3. The van der Waals surface area contributed by atoms with Gasteiger partial charge in [0, 0.05) is 45.2 Å². The lowest BCUT2D eigenvalue weighted by Gasteiger charge is -2.05. The smallest absolute Gasteiger partial charge is 0.251 e. The largest absolute Gasteiger partial charge is 0.346 e. The van der Waals surface area contributed by atoms with E-state index in [4.69, 9.17) is 0 Å². The van der Waals surface area contributed by atoms with Gasteiger partial charge in [-0.3, -0.25) is 9.00 Å². The standard InChI is InChI=1S/C17H16BrN3O2S/c1-24(23)11-12-3-2-4-13(7-12)17(22)19-8-15-10-21-9-14(18)5-6-16(21)20-15/h2-7,9-10H,8,11H2,1H3,(H,19,22). The number of rotatable bonds is 5. The van der Waals surface area contributed by atoms with Crippen molar-refractivity contribution >= 4 is 38.3 Å². The van der Waals surface area contributed by atoms with E-state index >= 15 is 0 Å². The molecule has 3 rings (SSSR count). The molecule has 124 valence electrons. The second-order valence-corrected chi connectivity index (χ2v) is 7.80. The molecular weight excluding hydrogens is 390 g/mol. The van der Waals surface area contributed by atoms with Gasteiger partial charge in [0.25, 0.3) is 5.91 Å². The van der Waals surface area contributed by atoms with E-state index < -0.39 is 10.8 Å². The lowest BCUT2D eigenvalue weighted by atomic mass is 10.1. The number of pyridine rings is 1. The SMILES string of the molecule is CS(=O)Cc1cccc(C(=O)NCc2cn3cc(Br)ccc3n2)c1. The van der Waals surface area contributed by atoms with Crippen LogP contribution < -0.4 is 5.32 Å². The van der Waals surface area contributed by atoms with E-state index in [2.05, 4.69) is 26.2 Å². The van der Waals surface area contributed by atoms with Crippen LogP contribution in [-0.4, -0.2) is 25.8 Å². The van der Waals surface area contributed by atoms with Crippen LogP contribution in [0, 0.1) is 0 Å². The van der Waals surface area contributed by atoms with Gasteiger partial charge in [0.2, 0.25) is 0 Å². The Morgan fingerprint density at radius 2 is 2.12 bits per heavy atom. The van der Waals surface area contributed by atoms with Crippen molar-refractivity contribution in [1.29, 1.82) is 0 Å². The predicted octanol–water partition coefficient (Wildman–Crippen LogP) is 2.91. The Hall–Kier alpha value is -1.99. The van der Waals surface area contributed by atoms with Crippen molar-refractivity contribution in [2.45, 2.75) is 12.3 Å². The summed E-state index contributed by atoms with van der Waals surface area (Å²) in [7, 11) is -0.931. The predicted molar refractivity (Wildman–Crippen MR) is 98.3 cm³/mol. The third-order valence-corrected chi connectivity index (χ3v) is 4.66. The highest BCUT2D eigenvalue weighted by atomic mass is 79.9. The molecule has 1 aromatic carbocycles. The Labute approximate surface area is 150 Å². The molecule has 0 aliphatic rings. The number of carbonyl (C=O) groups is 1. The molecule has 0 saturated heterocycles. The van der Waals surface area contributed by atoms with Crippen molar-refractivity contribution < 1.29 is 9.00 Å². The van der Waals surface area contributed by atoms with Gasteiger partial charge < -0.3 is 9.72 Å². The number of aromatic nitrogens is 2. The number of hydrogen-bond donors (Lipinski definition) is 1. The zero-order valence-electron chi connectivity index (χ0n) is 13.0. The van der Waals surface area contributed by atoms with Crippen LogP contribution >= 0.6 is 15.9 Å². The minimum Gasteiger partial charge on any atom is -0.346 e. The van der Waals surface area contributed by atoms with Gasteiger partial charge >= 0.3 is 0 Å². The highest BCUT2D eigenvalue weighted by Gasteiger charge is 2.08. The summed E-state index contributed by atoms with van der Waals surface area (Å²) in [4.78, 5) is 16.8. The van der Waals surface area contributed by atoms with Gasteiger partial charge in [-0.15, -0.1) is 0 Å². The van der Waals surface area contributed by atoms with Gasteiger partial charge in [-0.25, -0.2) is 4.98 Å². The molecule has 1 N–H and O–H groups in total. The molecule has 0 fully saturated rings. The molecule has 2 heterocycles. The maximum atomic E-state index is 12.3. The molecule has 1 amide bonds. The molecule has 0 aliphatic carbocycles. The van der Waals surface area contributed by atoms with Crippen LogP contribution in [0.5, 0.6) is 0 Å². The number of benzene rings is 1. The minimum absolute atomic E-state index is 0.169. The van der Waals surface area contributed by atoms with E-state index in [1.165, 1.54) is 0 Å². The van der Waals surface area contributed by atoms with E-state index in [1.807, 2.05) is 35.0 Å². The van der Waals surface area contributed by atoms with Crippen molar-refractivity contribution in [2.24, 2.45) is 0 Å². The summed E-state index contributed by atoms with van der Waals surface area (Å²) in [5, 5.41) is 2.87. The number of fused-ring (bicyclic) bond motifs is 1. The van der Waals surface area contributed by atoms with Gasteiger partial charge in [0.05, 0.1) is 12.2 Å². The molecule has 2 aromatic heterocycles. The zero-order chi connectivity index (χ0) is 17.1. The molecule has 0 bridgehead atoms. The number of nitrogens with zero attached hydrogens (tertiary/aromatic N) is 2. The third-order valence-electron chi connectivity index (χ3n) is 3.45. The molecule has 0 saturated carbocycles. The zero-order valence-corrected chi connectivity index (χ0v) is 15.4. The van der Waals surface area contributed by atoms with Gasteiger partial charge in [-0.05, 0) is 45.8 Å². The maximum Gasteiger partial charge on any atom is 0.251 e. The van der Waals surface area contributed by atoms with E-state index in [1.54, 1.807) is 24.5 Å². The van der Waals surface area contributed by atoms with Crippen molar-refractivity contribution in [3.63, 3.8) is 0 Å². The lowest BCUT2D eigenvalue weighted by Crippen LogP contribution is -2.23. The summed E-state index contributed by atoms with van der Waals surface area (Å²) < 4.78 is 14.2. The van der Waals surface area contributed by atoms with Crippen molar-refractivity contribution in [2.75, 3.05) is 6.26 Å². The summed E-state index contributed by atoms with van der Waals surface area (Å²) >= 11 is 3.42. The molecule has 1 atom stereocenters. The summed E-state index contributed by atoms with van der Waals surface area (Å²) in [5.41, 5.74) is 3.06. The van der Waals surface area contributed by atoms with Crippen LogP contribution in [0.3, 0.4) is 0 Å². The van der Waals surface area contributed by atoms with Gasteiger partial charge in [0.15, 0.2) is 0 Å². The molecule has 5 nitrogen and oxygen atoms in total.